The molecule has 3 heterocycles. The number of likely N-dealkylation sites (tertiary alicyclic amines) is 1. The van der Waals surface area contributed by atoms with Crippen molar-refractivity contribution in [1.82, 2.24) is 14.8 Å². The first-order chi connectivity index (χ1) is 11.0. The van der Waals surface area contributed by atoms with Crippen molar-refractivity contribution in [1.29, 1.82) is 0 Å². The van der Waals surface area contributed by atoms with E-state index in [9.17, 15) is 9.59 Å². The molecule has 1 aromatic rings. The van der Waals surface area contributed by atoms with E-state index in [2.05, 4.69) is 14.6 Å². The fraction of sp³-hybridized carbons (Fsp3) is 0.667. The number of esters is 1. The summed E-state index contributed by atoms with van der Waals surface area (Å²) in [7, 11) is 3.08. The van der Waals surface area contributed by atoms with Crippen LogP contribution < -0.4 is 0 Å². The highest BCUT2D eigenvalue weighted by atomic mass is 16.6. The van der Waals surface area contributed by atoms with Crippen LogP contribution in [-0.4, -0.2) is 66.2 Å². The molecule has 0 bridgehead atoms. The summed E-state index contributed by atoms with van der Waals surface area (Å²) in [5.41, 5.74) is -0.186. The third kappa shape index (κ3) is 3.31. The molecule has 1 spiro atoms. The zero-order valence-corrected chi connectivity index (χ0v) is 13.4. The maximum absolute atomic E-state index is 11.6. The van der Waals surface area contributed by atoms with Gasteiger partial charge in [0.2, 0.25) is 5.89 Å². The van der Waals surface area contributed by atoms with E-state index < -0.39 is 5.97 Å². The average Bonchev–Trinajstić information content (AvgIpc) is 3.03. The predicted octanol–water partition coefficient (Wildman–Crippen LogP) is 1.27. The van der Waals surface area contributed by atoms with E-state index in [-0.39, 0.29) is 17.4 Å². The van der Waals surface area contributed by atoms with Crippen LogP contribution in [0.5, 0.6) is 0 Å². The molecule has 2 saturated heterocycles. The Bertz CT molecular complexity index is 602. The minimum atomic E-state index is -0.504. The third-order valence-electron chi connectivity index (χ3n) is 4.44. The van der Waals surface area contributed by atoms with Gasteiger partial charge >= 0.3 is 12.1 Å². The fourth-order valence-corrected chi connectivity index (χ4v) is 3.21. The van der Waals surface area contributed by atoms with Gasteiger partial charge in [0.25, 0.3) is 0 Å². The Hall–Kier alpha value is -2.09. The molecule has 2 aliphatic rings. The summed E-state index contributed by atoms with van der Waals surface area (Å²) in [5, 5.41) is 0. The molecule has 3 rings (SSSR count). The largest absolute Gasteiger partial charge is 0.464 e. The van der Waals surface area contributed by atoms with Gasteiger partial charge in [-0.2, -0.15) is 0 Å². The molecule has 0 aromatic carbocycles. The lowest BCUT2D eigenvalue weighted by molar-refractivity contribution is 0.0440. The monoisotopic (exact) mass is 323 g/mol. The third-order valence-corrected chi connectivity index (χ3v) is 4.44. The summed E-state index contributed by atoms with van der Waals surface area (Å²) in [4.78, 5) is 31.0. The molecule has 0 aliphatic carbocycles. The van der Waals surface area contributed by atoms with Crippen molar-refractivity contribution in [2.75, 3.05) is 33.8 Å². The van der Waals surface area contributed by atoms with Crippen molar-refractivity contribution in [2.45, 2.75) is 31.4 Å². The van der Waals surface area contributed by atoms with Gasteiger partial charge in [0.1, 0.15) is 11.9 Å². The van der Waals surface area contributed by atoms with Crippen LogP contribution in [0.3, 0.4) is 0 Å². The highest BCUT2D eigenvalue weighted by molar-refractivity contribution is 5.86. The van der Waals surface area contributed by atoms with Crippen molar-refractivity contribution < 1.29 is 23.5 Å². The molecule has 23 heavy (non-hydrogen) atoms. The number of hydrogen-bond acceptors (Lipinski definition) is 7. The molecule has 8 heteroatoms. The van der Waals surface area contributed by atoms with Crippen LogP contribution in [0, 0.1) is 0 Å². The van der Waals surface area contributed by atoms with Gasteiger partial charge in [0.15, 0.2) is 5.69 Å². The zero-order valence-electron chi connectivity index (χ0n) is 13.4. The molecule has 2 fully saturated rings. The maximum atomic E-state index is 11.6. The van der Waals surface area contributed by atoms with E-state index in [0.29, 0.717) is 19.0 Å². The van der Waals surface area contributed by atoms with E-state index in [4.69, 9.17) is 9.15 Å². The maximum Gasteiger partial charge on any atom is 0.410 e. The van der Waals surface area contributed by atoms with E-state index in [0.717, 1.165) is 32.4 Å². The molecule has 0 saturated carbocycles. The first kappa shape index (κ1) is 15.8. The number of carbonyl (C=O) groups excluding carboxylic acids is 2. The number of likely N-dealkylation sites (N-methyl/N-ethyl adjacent to an activating group) is 1. The number of oxazole rings is 1. The second-order valence-corrected chi connectivity index (χ2v) is 6.15. The predicted molar refractivity (Wildman–Crippen MR) is 78.8 cm³/mol. The standard InChI is InChI=1S/C15H21N3O5/c1-17-10-15(23-14(17)20)4-3-6-18(7-5-15)8-12-16-11(9-22-12)13(19)21-2/h9H,3-8,10H2,1-2H3. The van der Waals surface area contributed by atoms with Crippen molar-refractivity contribution in [3.8, 4) is 0 Å². The first-order valence-electron chi connectivity index (χ1n) is 7.70. The van der Waals surface area contributed by atoms with Crippen molar-refractivity contribution in [3.63, 3.8) is 0 Å². The Balaban J connectivity index is 1.59. The number of hydrogen-bond donors (Lipinski definition) is 0. The lowest BCUT2D eigenvalue weighted by atomic mass is 9.95. The SMILES string of the molecule is COC(=O)c1coc(CN2CCCC3(CC2)CN(C)C(=O)O3)n1. The number of rotatable bonds is 3. The van der Waals surface area contributed by atoms with Crippen LogP contribution in [0.2, 0.25) is 0 Å². The minimum absolute atomic E-state index is 0.181. The van der Waals surface area contributed by atoms with E-state index in [1.54, 1.807) is 11.9 Å². The molecule has 1 unspecified atom stereocenters. The highest BCUT2D eigenvalue weighted by Gasteiger charge is 2.44. The van der Waals surface area contributed by atoms with Gasteiger partial charge in [-0.3, -0.25) is 4.90 Å². The Kier molecular flexibility index (Phi) is 4.25. The normalized spacial score (nSPS) is 25.5. The number of amides is 1. The molecule has 1 atom stereocenters. The highest BCUT2D eigenvalue weighted by Crippen LogP contribution is 2.32. The molecular formula is C15H21N3O5. The van der Waals surface area contributed by atoms with Crippen LogP contribution in [-0.2, 0) is 16.0 Å². The molecule has 1 amide bonds. The number of carbonyl (C=O) groups is 2. The van der Waals surface area contributed by atoms with Crippen LogP contribution in [0.4, 0.5) is 4.79 Å². The molecule has 126 valence electrons. The van der Waals surface area contributed by atoms with Crippen molar-refractivity contribution >= 4 is 12.1 Å². The molecule has 1 aromatic heterocycles. The molecule has 0 radical (unpaired) electrons. The summed E-state index contributed by atoms with van der Waals surface area (Å²) >= 11 is 0. The quantitative estimate of drug-likeness (QED) is 0.774. The van der Waals surface area contributed by atoms with Gasteiger partial charge in [-0.1, -0.05) is 0 Å². The number of ether oxygens (including phenoxy) is 2. The molecule has 0 N–H and O–H groups in total. The van der Waals surface area contributed by atoms with Gasteiger partial charge < -0.3 is 18.8 Å². The topological polar surface area (TPSA) is 85.1 Å². The number of nitrogens with zero attached hydrogens (tertiary/aromatic N) is 3. The molecule has 8 nitrogen and oxygen atoms in total. The smallest absolute Gasteiger partial charge is 0.410 e. The van der Waals surface area contributed by atoms with Gasteiger partial charge in [-0.25, -0.2) is 14.6 Å². The average molecular weight is 323 g/mol. The summed E-state index contributed by atoms with van der Waals surface area (Å²) in [5.74, 6) is -0.0161. The molecule has 2 aliphatic heterocycles. The second-order valence-electron chi connectivity index (χ2n) is 6.15. The Labute approximate surface area is 134 Å². The van der Waals surface area contributed by atoms with Gasteiger partial charge in [0.05, 0.1) is 20.2 Å². The van der Waals surface area contributed by atoms with E-state index in [1.807, 2.05) is 0 Å². The Morgan fingerprint density at radius 1 is 1.43 bits per heavy atom. The minimum Gasteiger partial charge on any atom is -0.464 e. The van der Waals surface area contributed by atoms with Crippen LogP contribution in [0.25, 0.3) is 0 Å². The summed E-state index contributed by atoms with van der Waals surface area (Å²) in [6.45, 7) is 2.83. The lowest BCUT2D eigenvalue weighted by Gasteiger charge is -2.25. The van der Waals surface area contributed by atoms with E-state index in [1.165, 1.54) is 13.4 Å². The van der Waals surface area contributed by atoms with Gasteiger partial charge in [-0.15, -0.1) is 0 Å². The van der Waals surface area contributed by atoms with Gasteiger partial charge in [-0.05, 0) is 19.4 Å². The summed E-state index contributed by atoms with van der Waals surface area (Å²) < 4.78 is 15.5. The zero-order chi connectivity index (χ0) is 16.4. The van der Waals surface area contributed by atoms with Crippen LogP contribution in [0.15, 0.2) is 10.7 Å². The van der Waals surface area contributed by atoms with Crippen molar-refractivity contribution in [3.05, 3.63) is 17.8 Å². The number of methoxy groups -OCH3 is 1. The lowest BCUT2D eigenvalue weighted by Crippen LogP contribution is -2.35. The van der Waals surface area contributed by atoms with Crippen LogP contribution in [0.1, 0.15) is 35.6 Å². The van der Waals surface area contributed by atoms with E-state index >= 15 is 0 Å². The fourth-order valence-electron chi connectivity index (χ4n) is 3.21. The van der Waals surface area contributed by atoms with Gasteiger partial charge in [0, 0.05) is 20.0 Å². The summed E-state index contributed by atoms with van der Waals surface area (Å²) in [6.07, 6.45) is 3.65. The molecular weight excluding hydrogens is 302 g/mol. The second kappa shape index (κ2) is 6.19. The first-order valence-corrected chi connectivity index (χ1v) is 7.70. The number of aromatic nitrogens is 1. The Morgan fingerprint density at radius 2 is 2.26 bits per heavy atom. The Morgan fingerprint density at radius 3 is 2.96 bits per heavy atom. The summed E-state index contributed by atoms with van der Waals surface area (Å²) in [6, 6.07) is 0. The van der Waals surface area contributed by atoms with Crippen molar-refractivity contribution in [2.24, 2.45) is 0 Å². The van der Waals surface area contributed by atoms with Crippen LogP contribution >= 0.6 is 0 Å².